The van der Waals surface area contributed by atoms with Crippen LogP contribution in [0.5, 0.6) is 0 Å². The van der Waals surface area contributed by atoms with E-state index in [9.17, 15) is 26.8 Å². The SMILES string of the molecule is Cc1ccc(SCC(=O)NNC(=O)C2CCN(S(=O)(=O)c3ccc(F)c(F)c3)CC2)cc1. The van der Waals surface area contributed by atoms with Crippen LogP contribution in [0.25, 0.3) is 0 Å². The number of rotatable bonds is 6. The molecule has 2 aromatic carbocycles. The summed E-state index contributed by atoms with van der Waals surface area (Å²) < 4.78 is 52.9. The van der Waals surface area contributed by atoms with E-state index in [1.54, 1.807) is 0 Å². The molecule has 7 nitrogen and oxygen atoms in total. The Balaban J connectivity index is 1.45. The van der Waals surface area contributed by atoms with Gasteiger partial charge >= 0.3 is 0 Å². The van der Waals surface area contributed by atoms with Crippen molar-refractivity contribution in [3.63, 3.8) is 0 Å². The van der Waals surface area contributed by atoms with Gasteiger partial charge in [0.2, 0.25) is 21.8 Å². The van der Waals surface area contributed by atoms with Crippen LogP contribution in [0.4, 0.5) is 8.78 Å². The third kappa shape index (κ3) is 6.05. The van der Waals surface area contributed by atoms with Gasteiger partial charge in [0.05, 0.1) is 10.6 Å². The number of aryl methyl sites for hydroxylation is 1. The Morgan fingerprint density at radius 2 is 1.69 bits per heavy atom. The van der Waals surface area contributed by atoms with Gasteiger partial charge in [-0.05, 0) is 50.1 Å². The van der Waals surface area contributed by atoms with E-state index < -0.39 is 33.5 Å². The predicted molar refractivity (Wildman–Crippen MR) is 116 cm³/mol. The number of halogens is 2. The summed E-state index contributed by atoms with van der Waals surface area (Å²) in [7, 11) is -3.99. The average molecular weight is 484 g/mol. The number of benzene rings is 2. The summed E-state index contributed by atoms with van der Waals surface area (Å²) in [6.45, 7) is 2.08. The maximum absolute atomic E-state index is 13.4. The lowest BCUT2D eigenvalue weighted by atomic mass is 9.98. The van der Waals surface area contributed by atoms with E-state index in [0.29, 0.717) is 6.07 Å². The van der Waals surface area contributed by atoms with Crippen LogP contribution in [0.2, 0.25) is 0 Å². The number of carbonyl (C=O) groups excluding carboxylic acids is 2. The van der Waals surface area contributed by atoms with Crippen molar-refractivity contribution in [3.05, 3.63) is 59.7 Å². The van der Waals surface area contributed by atoms with Gasteiger partial charge in [0.25, 0.3) is 0 Å². The summed E-state index contributed by atoms with van der Waals surface area (Å²) in [6, 6.07) is 10.1. The fraction of sp³-hybridized carbons (Fsp3) is 0.333. The molecule has 32 heavy (non-hydrogen) atoms. The Hall–Kier alpha value is -2.50. The standard InChI is InChI=1S/C21H23F2N3O4S2/c1-14-2-4-16(5-3-14)31-13-20(27)24-25-21(28)15-8-10-26(11-9-15)32(29,30)17-6-7-18(22)19(23)12-17/h2-7,12,15H,8-11,13H2,1H3,(H,24,27)(H,25,28). The number of hydrogen-bond donors (Lipinski definition) is 2. The number of thioether (sulfide) groups is 1. The summed E-state index contributed by atoms with van der Waals surface area (Å²) >= 11 is 1.34. The van der Waals surface area contributed by atoms with E-state index in [0.717, 1.165) is 26.9 Å². The highest BCUT2D eigenvalue weighted by Gasteiger charge is 2.32. The van der Waals surface area contributed by atoms with Crippen molar-refractivity contribution < 1.29 is 26.8 Å². The first kappa shape index (κ1) is 24.1. The summed E-state index contributed by atoms with van der Waals surface area (Å²) in [5.41, 5.74) is 5.88. The smallest absolute Gasteiger partial charge is 0.248 e. The number of hydrogen-bond acceptors (Lipinski definition) is 5. The molecule has 1 saturated heterocycles. The van der Waals surface area contributed by atoms with Gasteiger partial charge in [-0.3, -0.25) is 20.4 Å². The van der Waals surface area contributed by atoms with Crippen molar-refractivity contribution in [2.45, 2.75) is 29.6 Å². The molecule has 0 saturated carbocycles. The van der Waals surface area contributed by atoms with Gasteiger partial charge < -0.3 is 0 Å². The van der Waals surface area contributed by atoms with Crippen LogP contribution in [-0.4, -0.2) is 43.4 Å². The van der Waals surface area contributed by atoms with Crippen molar-refractivity contribution in [3.8, 4) is 0 Å². The number of amides is 2. The molecule has 0 bridgehead atoms. The zero-order chi connectivity index (χ0) is 23.3. The van der Waals surface area contributed by atoms with E-state index in [-0.39, 0.29) is 42.5 Å². The minimum Gasteiger partial charge on any atom is -0.273 e. The van der Waals surface area contributed by atoms with E-state index >= 15 is 0 Å². The quantitative estimate of drug-likeness (QED) is 0.487. The first-order valence-corrected chi connectivity index (χ1v) is 12.3. The highest BCUT2D eigenvalue weighted by atomic mass is 32.2. The van der Waals surface area contributed by atoms with Crippen LogP contribution in [-0.2, 0) is 19.6 Å². The summed E-state index contributed by atoms with van der Waals surface area (Å²) in [6.07, 6.45) is 0.478. The molecule has 1 aliphatic heterocycles. The molecule has 2 N–H and O–H groups in total. The minimum absolute atomic E-state index is 0.0522. The second kappa shape index (κ2) is 10.4. The summed E-state index contributed by atoms with van der Waals surface area (Å²) in [5, 5.41) is 0. The molecule has 1 heterocycles. The summed E-state index contributed by atoms with van der Waals surface area (Å²) in [5.74, 6) is -3.47. The van der Waals surface area contributed by atoms with E-state index in [2.05, 4.69) is 10.9 Å². The average Bonchev–Trinajstić information content (AvgIpc) is 2.79. The monoisotopic (exact) mass is 483 g/mol. The van der Waals surface area contributed by atoms with Gasteiger partial charge in [-0.2, -0.15) is 4.31 Å². The van der Waals surface area contributed by atoms with E-state index in [1.807, 2.05) is 31.2 Å². The third-order valence-corrected chi connectivity index (χ3v) is 7.98. The van der Waals surface area contributed by atoms with Gasteiger partial charge in [0.15, 0.2) is 11.6 Å². The van der Waals surface area contributed by atoms with Crippen LogP contribution in [0.1, 0.15) is 18.4 Å². The molecule has 1 fully saturated rings. The molecular formula is C21H23F2N3O4S2. The molecule has 172 valence electrons. The van der Waals surface area contributed by atoms with E-state index in [4.69, 9.17) is 0 Å². The first-order chi connectivity index (χ1) is 15.2. The maximum Gasteiger partial charge on any atom is 0.248 e. The van der Waals surface area contributed by atoms with Crippen molar-refractivity contribution in [2.24, 2.45) is 5.92 Å². The Labute approximate surface area is 189 Å². The minimum atomic E-state index is -3.99. The first-order valence-electron chi connectivity index (χ1n) is 9.90. The largest absolute Gasteiger partial charge is 0.273 e. The molecule has 0 aromatic heterocycles. The Morgan fingerprint density at radius 1 is 1.03 bits per heavy atom. The Morgan fingerprint density at radius 3 is 2.31 bits per heavy atom. The van der Waals surface area contributed by atoms with Gasteiger partial charge in [-0.1, -0.05) is 17.7 Å². The molecule has 1 aliphatic rings. The molecule has 0 radical (unpaired) electrons. The lowest BCUT2D eigenvalue weighted by molar-refractivity contribution is -0.131. The molecule has 0 unspecified atom stereocenters. The van der Waals surface area contributed by atoms with Crippen LogP contribution in [0, 0.1) is 24.5 Å². The normalized spacial score (nSPS) is 15.3. The van der Waals surface area contributed by atoms with Crippen molar-refractivity contribution in [2.75, 3.05) is 18.8 Å². The predicted octanol–water partition coefficient (Wildman–Crippen LogP) is 2.61. The highest BCUT2D eigenvalue weighted by molar-refractivity contribution is 8.00. The third-order valence-electron chi connectivity index (χ3n) is 5.07. The number of nitrogens with zero attached hydrogens (tertiary/aromatic N) is 1. The molecule has 2 amide bonds. The molecule has 2 aromatic rings. The fourth-order valence-electron chi connectivity index (χ4n) is 3.20. The van der Waals surface area contributed by atoms with Gasteiger partial charge in [-0.25, -0.2) is 17.2 Å². The van der Waals surface area contributed by atoms with E-state index in [1.165, 1.54) is 11.8 Å². The molecule has 0 aliphatic carbocycles. The zero-order valence-electron chi connectivity index (χ0n) is 17.3. The van der Waals surface area contributed by atoms with Crippen molar-refractivity contribution in [1.82, 2.24) is 15.2 Å². The molecule has 11 heteroatoms. The van der Waals surface area contributed by atoms with Crippen LogP contribution in [0.15, 0.2) is 52.3 Å². The second-order valence-corrected chi connectivity index (χ2v) is 10.4. The number of nitrogens with one attached hydrogen (secondary N) is 2. The Kier molecular flexibility index (Phi) is 7.86. The fourth-order valence-corrected chi connectivity index (χ4v) is 5.38. The van der Waals surface area contributed by atoms with Crippen molar-refractivity contribution in [1.29, 1.82) is 0 Å². The lowest BCUT2D eigenvalue weighted by Gasteiger charge is -2.30. The van der Waals surface area contributed by atoms with Crippen LogP contribution >= 0.6 is 11.8 Å². The van der Waals surface area contributed by atoms with Gasteiger partial charge in [0.1, 0.15) is 0 Å². The number of piperidine rings is 1. The topological polar surface area (TPSA) is 95.6 Å². The van der Waals surface area contributed by atoms with Crippen LogP contribution in [0.3, 0.4) is 0 Å². The number of carbonyl (C=O) groups is 2. The van der Waals surface area contributed by atoms with Gasteiger partial charge in [-0.15, -0.1) is 11.8 Å². The van der Waals surface area contributed by atoms with Crippen LogP contribution < -0.4 is 10.9 Å². The zero-order valence-corrected chi connectivity index (χ0v) is 18.9. The molecule has 3 rings (SSSR count). The number of sulfonamides is 1. The van der Waals surface area contributed by atoms with Crippen molar-refractivity contribution >= 4 is 33.6 Å². The van der Waals surface area contributed by atoms with Gasteiger partial charge in [0, 0.05) is 23.9 Å². The Bertz CT molecular complexity index is 1090. The number of hydrazine groups is 1. The molecule has 0 atom stereocenters. The maximum atomic E-state index is 13.4. The summed E-state index contributed by atoms with van der Waals surface area (Å²) in [4.78, 5) is 24.9. The lowest BCUT2D eigenvalue weighted by Crippen LogP contribution is -2.48. The molecular weight excluding hydrogens is 460 g/mol. The second-order valence-electron chi connectivity index (χ2n) is 7.39. The highest BCUT2D eigenvalue weighted by Crippen LogP contribution is 2.25. The molecule has 0 spiro atoms.